The summed E-state index contributed by atoms with van der Waals surface area (Å²) in [5.41, 5.74) is -1.00. The molecule has 4 heteroatoms. The van der Waals surface area contributed by atoms with E-state index in [1.807, 2.05) is 0 Å². The molecule has 3 atom stereocenters. The van der Waals surface area contributed by atoms with Gasteiger partial charge in [0.05, 0.1) is 11.3 Å². The van der Waals surface area contributed by atoms with Gasteiger partial charge >= 0.3 is 11.9 Å². The van der Waals surface area contributed by atoms with Gasteiger partial charge in [0.15, 0.2) is 0 Å². The lowest BCUT2D eigenvalue weighted by atomic mass is 9.59. The Morgan fingerprint density at radius 1 is 1.28 bits per heavy atom. The van der Waals surface area contributed by atoms with Crippen molar-refractivity contribution in [3.63, 3.8) is 0 Å². The average molecular weight is 252 g/mol. The zero-order valence-corrected chi connectivity index (χ0v) is 10.5. The Morgan fingerprint density at radius 3 is 2.39 bits per heavy atom. The van der Waals surface area contributed by atoms with E-state index in [1.54, 1.807) is 12.2 Å². The van der Waals surface area contributed by atoms with Crippen molar-refractivity contribution in [3.05, 3.63) is 25.3 Å². The molecule has 0 spiro atoms. The van der Waals surface area contributed by atoms with E-state index in [0.29, 0.717) is 32.1 Å². The predicted molar refractivity (Wildman–Crippen MR) is 68.2 cm³/mol. The van der Waals surface area contributed by atoms with E-state index in [0.717, 1.165) is 0 Å². The quantitative estimate of drug-likeness (QED) is 0.713. The van der Waals surface area contributed by atoms with Crippen LogP contribution in [0, 0.1) is 17.3 Å². The highest BCUT2D eigenvalue weighted by molar-refractivity contribution is 5.78. The molecule has 0 saturated heterocycles. The van der Waals surface area contributed by atoms with Crippen LogP contribution in [0.15, 0.2) is 25.3 Å². The highest BCUT2D eigenvalue weighted by atomic mass is 16.4. The van der Waals surface area contributed by atoms with Crippen LogP contribution < -0.4 is 0 Å². The summed E-state index contributed by atoms with van der Waals surface area (Å²) in [5.74, 6) is -2.83. The zero-order valence-electron chi connectivity index (χ0n) is 10.5. The van der Waals surface area contributed by atoms with Crippen molar-refractivity contribution in [2.45, 2.75) is 32.1 Å². The summed E-state index contributed by atoms with van der Waals surface area (Å²) < 4.78 is 0. The van der Waals surface area contributed by atoms with Crippen LogP contribution in [0.5, 0.6) is 0 Å². The fraction of sp³-hybridized carbons (Fsp3) is 0.571. The molecule has 4 nitrogen and oxygen atoms in total. The van der Waals surface area contributed by atoms with E-state index in [4.69, 9.17) is 0 Å². The van der Waals surface area contributed by atoms with Crippen LogP contribution in [0.25, 0.3) is 0 Å². The third kappa shape index (κ3) is 2.47. The van der Waals surface area contributed by atoms with Gasteiger partial charge in [-0.15, -0.1) is 13.2 Å². The number of carboxylic acid groups (broad SMARTS) is 2. The number of hydrogen-bond donors (Lipinski definition) is 2. The molecule has 100 valence electrons. The highest BCUT2D eigenvalue weighted by Crippen LogP contribution is 2.49. The Labute approximate surface area is 107 Å². The summed E-state index contributed by atoms with van der Waals surface area (Å²) in [7, 11) is 0. The van der Waals surface area contributed by atoms with Gasteiger partial charge in [0, 0.05) is 0 Å². The van der Waals surface area contributed by atoms with Gasteiger partial charge in [-0.3, -0.25) is 9.59 Å². The van der Waals surface area contributed by atoms with Gasteiger partial charge in [-0.05, 0) is 31.6 Å². The van der Waals surface area contributed by atoms with Crippen LogP contribution >= 0.6 is 0 Å². The molecule has 2 N–H and O–H groups in total. The van der Waals surface area contributed by atoms with Crippen LogP contribution in [0.4, 0.5) is 0 Å². The monoisotopic (exact) mass is 252 g/mol. The molecule has 3 unspecified atom stereocenters. The molecule has 0 aromatic rings. The Hall–Kier alpha value is -1.58. The first-order chi connectivity index (χ1) is 8.49. The minimum absolute atomic E-state index is 0.310. The first-order valence-electron chi connectivity index (χ1n) is 6.17. The normalized spacial score (nSPS) is 31.6. The van der Waals surface area contributed by atoms with Crippen molar-refractivity contribution in [1.29, 1.82) is 0 Å². The second-order valence-corrected chi connectivity index (χ2v) is 4.92. The fourth-order valence-corrected chi connectivity index (χ4v) is 3.14. The largest absolute Gasteiger partial charge is 0.481 e. The van der Waals surface area contributed by atoms with Gasteiger partial charge in [-0.25, -0.2) is 0 Å². The zero-order chi connectivity index (χ0) is 13.8. The second kappa shape index (κ2) is 5.85. The summed E-state index contributed by atoms with van der Waals surface area (Å²) in [4.78, 5) is 22.9. The molecule has 1 fully saturated rings. The molecule has 1 saturated carbocycles. The van der Waals surface area contributed by atoms with Crippen molar-refractivity contribution in [2.24, 2.45) is 17.3 Å². The van der Waals surface area contributed by atoms with Crippen LogP contribution in [0.1, 0.15) is 32.1 Å². The minimum atomic E-state index is -1.00. The number of carboxylic acids is 2. The lowest BCUT2D eigenvalue weighted by molar-refractivity contribution is -0.162. The number of aliphatic carboxylic acids is 2. The fourth-order valence-electron chi connectivity index (χ4n) is 3.14. The summed E-state index contributed by atoms with van der Waals surface area (Å²) in [6.07, 6.45) is 5.60. The number of hydrogen-bond acceptors (Lipinski definition) is 2. The topological polar surface area (TPSA) is 74.6 Å². The third-order valence-corrected chi connectivity index (χ3v) is 4.01. The molecular formula is C14H20O4. The van der Waals surface area contributed by atoms with Gasteiger partial charge in [0.2, 0.25) is 0 Å². The maximum atomic E-state index is 11.6. The third-order valence-electron chi connectivity index (χ3n) is 4.01. The van der Waals surface area contributed by atoms with Crippen molar-refractivity contribution >= 4 is 11.9 Å². The Bertz CT molecular complexity index is 361. The molecule has 0 aromatic carbocycles. The molecule has 0 bridgehead atoms. The molecule has 0 radical (unpaired) electrons. The Morgan fingerprint density at radius 2 is 1.94 bits per heavy atom. The molecule has 0 aliphatic heterocycles. The van der Waals surface area contributed by atoms with Crippen LogP contribution in [0.3, 0.4) is 0 Å². The Kier molecular flexibility index (Phi) is 4.70. The summed E-state index contributed by atoms with van der Waals surface area (Å²) in [5, 5.41) is 18.8. The minimum Gasteiger partial charge on any atom is -0.481 e. The van der Waals surface area contributed by atoms with Crippen LogP contribution in [-0.2, 0) is 9.59 Å². The smallest absolute Gasteiger partial charge is 0.310 e. The van der Waals surface area contributed by atoms with E-state index < -0.39 is 29.2 Å². The predicted octanol–water partition coefficient (Wildman–Crippen LogP) is 2.71. The van der Waals surface area contributed by atoms with Crippen molar-refractivity contribution in [1.82, 2.24) is 0 Å². The van der Waals surface area contributed by atoms with E-state index in [2.05, 4.69) is 13.2 Å². The second-order valence-electron chi connectivity index (χ2n) is 4.92. The lowest BCUT2D eigenvalue weighted by Crippen LogP contribution is -2.47. The SMILES string of the molecule is C=CCC1C(C(=O)O)CCCC1(CC=C)C(=O)O. The lowest BCUT2D eigenvalue weighted by Gasteiger charge is -2.43. The van der Waals surface area contributed by atoms with E-state index in [9.17, 15) is 19.8 Å². The summed E-state index contributed by atoms with van der Waals surface area (Å²) in [6, 6.07) is 0. The van der Waals surface area contributed by atoms with Crippen molar-refractivity contribution < 1.29 is 19.8 Å². The maximum Gasteiger partial charge on any atom is 0.310 e. The van der Waals surface area contributed by atoms with E-state index in [1.165, 1.54) is 0 Å². The van der Waals surface area contributed by atoms with Crippen molar-refractivity contribution in [3.8, 4) is 0 Å². The average Bonchev–Trinajstić information content (AvgIpc) is 2.31. The number of rotatable bonds is 6. The van der Waals surface area contributed by atoms with Crippen LogP contribution in [0.2, 0.25) is 0 Å². The molecule has 1 rings (SSSR count). The summed E-state index contributed by atoms with van der Waals surface area (Å²) in [6.45, 7) is 7.23. The molecular weight excluding hydrogens is 232 g/mol. The van der Waals surface area contributed by atoms with Gasteiger partial charge in [0.1, 0.15) is 0 Å². The molecule has 0 amide bonds. The Balaban J connectivity index is 3.18. The standard InChI is InChI=1S/C14H20O4/c1-3-6-11-10(12(15)16)7-5-9-14(11,8-4-2)13(17)18/h3-4,10-11H,1-2,5-9H2,(H,15,16)(H,17,18). The first kappa shape index (κ1) is 14.5. The van der Waals surface area contributed by atoms with E-state index >= 15 is 0 Å². The molecule has 1 aliphatic rings. The number of allylic oxidation sites excluding steroid dienone is 2. The highest BCUT2D eigenvalue weighted by Gasteiger charge is 2.51. The maximum absolute atomic E-state index is 11.6. The molecule has 0 aromatic heterocycles. The molecule has 1 aliphatic carbocycles. The van der Waals surface area contributed by atoms with Gasteiger partial charge in [0.25, 0.3) is 0 Å². The van der Waals surface area contributed by atoms with Crippen molar-refractivity contribution in [2.75, 3.05) is 0 Å². The van der Waals surface area contributed by atoms with Gasteiger partial charge in [-0.1, -0.05) is 18.6 Å². The summed E-state index contributed by atoms with van der Waals surface area (Å²) >= 11 is 0. The van der Waals surface area contributed by atoms with E-state index in [-0.39, 0.29) is 0 Å². The van der Waals surface area contributed by atoms with Gasteiger partial charge < -0.3 is 10.2 Å². The number of carbonyl (C=O) groups is 2. The first-order valence-corrected chi connectivity index (χ1v) is 6.17. The van der Waals surface area contributed by atoms with Crippen LogP contribution in [-0.4, -0.2) is 22.2 Å². The molecule has 0 heterocycles. The van der Waals surface area contributed by atoms with Gasteiger partial charge in [-0.2, -0.15) is 0 Å². The molecule has 18 heavy (non-hydrogen) atoms.